The van der Waals surface area contributed by atoms with E-state index in [9.17, 15) is 14.4 Å². The molecule has 0 unspecified atom stereocenters. The van der Waals surface area contributed by atoms with Crippen molar-refractivity contribution in [3.05, 3.63) is 77.5 Å². The first kappa shape index (κ1) is 24.7. The first-order chi connectivity index (χ1) is 17.3. The average Bonchev–Trinajstić information content (AvgIpc) is 3.52. The van der Waals surface area contributed by atoms with Gasteiger partial charge in [0.05, 0.1) is 13.1 Å². The molecule has 3 heterocycles. The molecule has 0 amide bonds. The normalized spacial score (nSPS) is 18.0. The van der Waals surface area contributed by atoms with Gasteiger partial charge in [0.25, 0.3) is 5.56 Å². The Morgan fingerprint density at radius 3 is 2.69 bits per heavy atom. The number of imidazole rings is 1. The largest absolute Gasteiger partial charge is 0.351 e. The number of nitrogens with two attached hydrogens (primary N) is 1. The standard InChI is InChI=1S/C25H27BrN6O3S/c1-30-22-21(23(34)32(25(30)35)13-20(33)16-10-11-36-14-16)31(12-15-6-2-3-7-17(15)26)24(29-22)28-19-9-5-4-8-18(19)27/h2-3,6-7,10-11,14,18-19H,4-5,8-9,12-13,27H2,1H3,(H,28,29)/t18-,19-/m0/s1. The molecule has 11 heteroatoms. The number of carbonyl (C=O) groups is 1. The molecule has 188 valence electrons. The summed E-state index contributed by atoms with van der Waals surface area (Å²) in [5.41, 5.74) is 7.22. The molecular formula is C25H27BrN6O3S. The summed E-state index contributed by atoms with van der Waals surface area (Å²) in [6.07, 6.45) is 3.96. The van der Waals surface area contributed by atoms with Gasteiger partial charge in [-0.2, -0.15) is 16.3 Å². The number of Topliss-reactive ketones (excluding diaryl/α,β-unsaturated/α-hetero) is 1. The number of aromatic nitrogens is 4. The highest BCUT2D eigenvalue weighted by Crippen LogP contribution is 2.25. The van der Waals surface area contributed by atoms with Crippen LogP contribution in [0.3, 0.4) is 0 Å². The summed E-state index contributed by atoms with van der Waals surface area (Å²) in [5.74, 6) is 0.190. The Morgan fingerprint density at radius 1 is 1.19 bits per heavy atom. The summed E-state index contributed by atoms with van der Waals surface area (Å²) in [6.45, 7) is 0.00277. The Labute approximate surface area is 219 Å². The summed E-state index contributed by atoms with van der Waals surface area (Å²) in [7, 11) is 1.57. The Kier molecular flexibility index (Phi) is 6.96. The molecule has 0 spiro atoms. The molecule has 2 atom stereocenters. The Hall–Kier alpha value is -3.02. The fourth-order valence-electron chi connectivity index (χ4n) is 4.73. The van der Waals surface area contributed by atoms with Crippen molar-refractivity contribution >= 4 is 50.2 Å². The zero-order valence-electron chi connectivity index (χ0n) is 19.8. The lowest BCUT2D eigenvalue weighted by atomic mass is 9.91. The summed E-state index contributed by atoms with van der Waals surface area (Å²) in [6, 6.07) is 9.42. The average molecular weight is 572 g/mol. The first-order valence-corrected chi connectivity index (χ1v) is 13.6. The minimum Gasteiger partial charge on any atom is -0.351 e. The maximum atomic E-state index is 13.7. The van der Waals surface area contributed by atoms with Crippen molar-refractivity contribution in [2.24, 2.45) is 12.8 Å². The zero-order valence-corrected chi connectivity index (χ0v) is 22.2. The van der Waals surface area contributed by atoms with Crippen molar-refractivity contribution in [2.45, 2.75) is 50.9 Å². The van der Waals surface area contributed by atoms with Crippen LogP contribution in [0.15, 0.2) is 55.2 Å². The van der Waals surface area contributed by atoms with Gasteiger partial charge < -0.3 is 11.1 Å². The van der Waals surface area contributed by atoms with E-state index in [1.807, 2.05) is 24.3 Å². The fraction of sp³-hybridized carbons (Fsp3) is 0.360. The van der Waals surface area contributed by atoms with Crippen LogP contribution in [0.1, 0.15) is 41.6 Å². The molecule has 1 saturated carbocycles. The molecule has 1 aromatic carbocycles. The molecule has 9 nitrogen and oxygen atoms in total. The lowest BCUT2D eigenvalue weighted by molar-refractivity contribution is 0.0969. The third kappa shape index (κ3) is 4.58. The number of carbonyl (C=O) groups excluding carboxylic acids is 1. The second-order valence-corrected chi connectivity index (χ2v) is 10.8. The minimum atomic E-state index is -0.581. The van der Waals surface area contributed by atoms with Gasteiger partial charge >= 0.3 is 5.69 Å². The number of benzene rings is 1. The zero-order chi connectivity index (χ0) is 25.4. The topological polar surface area (TPSA) is 117 Å². The highest BCUT2D eigenvalue weighted by Gasteiger charge is 2.27. The number of anilines is 1. The van der Waals surface area contributed by atoms with Crippen LogP contribution >= 0.6 is 27.3 Å². The maximum absolute atomic E-state index is 13.7. The van der Waals surface area contributed by atoms with E-state index >= 15 is 0 Å². The quantitative estimate of drug-likeness (QED) is 0.329. The predicted molar refractivity (Wildman–Crippen MR) is 145 cm³/mol. The van der Waals surface area contributed by atoms with Crippen LogP contribution < -0.4 is 22.3 Å². The third-order valence-corrected chi connectivity index (χ3v) is 8.25. The molecule has 0 saturated heterocycles. The van der Waals surface area contributed by atoms with Gasteiger partial charge in [-0.3, -0.25) is 23.3 Å². The number of nitrogens with one attached hydrogen (secondary N) is 1. The fourth-order valence-corrected chi connectivity index (χ4v) is 5.81. The van der Waals surface area contributed by atoms with E-state index in [2.05, 4.69) is 21.2 Å². The van der Waals surface area contributed by atoms with Crippen molar-refractivity contribution in [3.8, 4) is 0 Å². The summed E-state index contributed by atoms with van der Waals surface area (Å²) in [5, 5.41) is 6.97. The number of hydrogen-bond acceptors (Lipinski definition) is 7. The highest BCUT2D eigenvalue weighted by molar-refractivity contribution is 9.10. The molecule has 1 aliphatic rings. The lowest BCUT2D eigenvalue weighted by Crippen LogP contribution is -2.43. The van der Waals surface area contributed by atoms with E-state index < -0.39 is 11.2 Å². The molecule has 3 aromatic heterocycles. The SMILES string of the molecule is Cn1c(=O)n(CC(=O)c2ccsc2)c(=O)c2c1nc(N[C@H]1CCCC[C@@H]1N)n2Cc1ccccc1Br. The number of halogens is 1. The Balaban J connectivity index is 1.67. The van der Waals surface area contributed by atoms with Gasteiger partial charge in [0.1, 0.15) is 0 Å². The number of nitrogens with zero attached hydrogens (tertiary/aromatic N) is 4. The van der Waals surface area contributed by atoms with Gasteiger partial charge in [0.15, 0.2) is 16.9 Å². The van der Waals surface area contributed by atoms with E-state index in [1.165, 1.54) is 15.9 Å². The van der Waals surface area contributed by atoms with Crippen molar-refractivity contribution in [1.29, 1.82) is 0 Å². The van der Waals surface area contributed by atoms with Gasteiger partial charge in [0.2, 0.25) is 5.95 Å². The number of fused-ring (bicyclic) bond motifs is 1. The predicted octanol–water partition coefficient (Wildman–Crippen LogP) is 3.33. The van der Waals surface area contributed by atoms with Crippen molar-refractivity contribution in [3.63, 3.8) is 0 Å². The van der Waals surface area contributed by atoms with Gasteiger partial charge in [-0.15, -0.1) is 0 Å². The smallest absolute Gasteiger partial charge is 0.332 e. The lowest BCUT2D eigenvalue weighted by Gasteiger charge is -2.29. The highest BCUT2D eigenvalue weighted by atomic mass is 79.9. The van der Waals surface area contributed by atoms with Gasteiger partial charge in [-0.05, 0) is 35.9 Å². The van der Waals surface area contributed by atoms with Crippen LogP contribution in [0.2, 0.25) is 0 Å². The molecule has 36 heavy (non-hydrogen) atoms. The second-order valence-electron chi connectivity index (χ2n) is 9.15. The molecular weight excluding hydrogens is 544 g/mol. The van der Waals surface area contributed by atoms with E-state index in [4.69, 9.17) is 10.7 Å². The third-order valence-electron chi connectivity index (χ3n) is 6.80. The number of rotatable bonds is 7. The molecule has 0 aliphatic heterocycles. The molecule has 5 rings (SSSR count). The summed E-state index contributed by atoms with van der Waals surface area (Å²) in [4.78, 5) is 44.4. The van der Waals surface area contributed by atoms with Crippen LogP contribution in [0.4, 0.5) is 5.95 Å². The van der Waals surface area contributed by atoms with Crippen LogP contribution in [-0.2, 0) is 20.1 Å². The van der Waals surface area contributed by atoms with Crippen LogP contribution in [0.5, 0.6) is 0 Å². The maximum Gasteiger partial charge on any atom is 0.332 e. The second kappa shape index (κ2) is 10.2. The van der Waals surface area contributed by atoms with Gasteiger partial charge in [-0.25, -0.2) is 4.79 Å². The first-order valence-electron chi connectivity index (χ1n) is 11.9. The van der Waals surface area contributed by atoms with Gasteiger partial charge in [-0.1, -0.05) is 47.0 Å². The van der Waals surface area contributed by atoms with Crippen LogP contribution in [0.25, 0.3) is 11.2 Å². The molecule has 0 radical (unpaired) electrons. The van der Waals surface area contributed by atoms with Gasteiger partial charge in [0, 0.05) is 34.5 Å². The summed E-state index contributed by atoms with van der Waals surface area (Å²) >= 11 is 4.99. The van der Waals surface area contributed by atoms with Crippen LogP contribution in [0, 0.1) is 0 Å². The molecule has 4 aromatic rings. The number of thiophene rings is 1. The van der Waals surface area contributed by atoms with E-state index in [-0.39, 0.29) is 35.6 Å². The van der Waals surface area contributed by atoms with Crippen molar-refractivity contribution < 1.29 is 4.79 Å². The Morgan fingerprint density at radius 2 is 1.97 bits per heavy atom. The number of aryl methyl sites for hydroxylation is 1. The minimum absolute atomic E-state index is 0.00736. The van der Waals surface area contributed by atoms with E-state index in [0.717, 1.165) is 40.3 Å². The number of hydrogen-bond donors (Lipinski definition) is 2. The van der Waals surface area contributed by atoms with Crippen molar-refractivity contribution in [2.75, 3.05) is 5.32 Å². The van der Waals surface area contributed by atoms with Crippen molar-refractivity contribution in [1.82, 2.24) is 18.7 Å². The molecule has 3 N–H and O–H groups in total. The molecule has 0 bridgehead atoms. The van der Waals surface area contributed by atoms with E-state index in [0.29, 0.717) is 18.1 Å². The number of ketones is 1. The summed E-state index contributed by atoms with van der Waals surface area (Å²) < 4.78 is 5.02. The van der Waals surface area contributed by atoms with Crippen LogP contribution in [-0.4, -0.2) is 36.6 Å². The monoisotopic (exact) mass is 570 g/mol. The van der Waals surface area contributed by atoms with E-state index in [1.54, 1.807) is 28.4 Å². The Bertz CT molecular complexity index is 1540. The molecule has 1 aliphatic carbocycles. The molecule has 1 fully saturated rings.